The van der Waals surface area contributed by atoms with E-state index in [1.165, 1.54) is 35.0 Å². The van der Waals surface area contributed by atoms with Crippen LogP contribution in [0.15, 0.2) is 76.0 Å². The summed E-state index contributed by atoms with van der Waals surface area (Å²) < 4.78 is 59.3. The molecule has 1 N–H and O–H groups in total. The highest BCUT2D eigenvalue weighted by Gasteiger charge is 2.38. The molecular weight excluding hydrogens is 482 g/mol. The monoisotopic (exact) mass is 505 g/mol. The van der Waals surface area contributed by atoms with Crippen molar-refractivity contribution >= 4 is 42.8 Å². The van der Waals surface area contributed by atoms with Crippen molar-refractivity contribution in [2.24, 2.45) is 5.10 Å². The molecule has 8 nitrogen and oxygen atoms in total. The predicted octanol–water partition coefficient (Wildman–Crippen LogP) is 4.06. The van der Waals surface area contributed by atoms with Gasteiger partial charge in [0.25, 0.3) is 10.0 Å². The van der Waals surface area contributed by atoms with E-state index in [2.05, 4.69) is 9.82 Å². The predicted molar refractivity (Wildman–Crippen MR) is 130 cm³/mol. The molecule has 0 saturated heterocycles. The van der Waals surface area contributed by atoms with E-state index in [0.717, 1.165) is 10.4 Å². The van der Waals surface area contributed by atoms with E-state index in [4.69, 9.17) is 4.74 Å². The Morgan fingerprint density at radius 1 is 1.06 bits per heavy atom. The van der Waals surface area contributed by atoms with Gasteiger partial charge in [-0.05, 0) is 60.3 Å². The van der Waals surface area contributed by atoms with Gasteiger partial charge in [-0.15, -0.1) is 11.3 Å². The van der Waals surface area contributed by atoms with E-state index in [0.29, 0.717) is 23.6 Å². The Balaban J connectivity index is 1.68. The van der Waals surface area contributed by atoms with Crippen molar-refractivity contribution < 1.29 is 21.6 Å². The van der Waals surface area contributed by atoms with Crippen LogP contribution in [0.3, 0.4) is 0 Å². The lowest BCUT2D eigenvalue weighted by atomic mass is 10.0. The molecule has 0 amide bonds. The molecule has 2 heterocycles. The Kier molecular flexibility index (Phi) is 6.46. The average molecular weight is 506 g/mol. The van der Waals surface area contributed by atoms with E-state index < -0.39 is 26.1 Å². The number of nitrogens with zero attached hydrogens (tertiary/aromatic N) is 2. The zero-order valence-electron chi connectivity index (χ0n) is 18.0. The van der Waals surface area contributed by atoms with Crippen LogP contribution >= 0.6 is 11.3 Å². The molecule has 0 fully saturated rings. The molecule has 33 heavy (non-hydrogen) atoms. The number of nitrogens with one attached hydrogen (secondary N) is 1. The molecule has 4 rings (SSSR count). The summed E-state index contributed by atoms with van der Waals surface area (Å²) in [4.78, 5) is 1.01. The maximum absolute atomic E-state index is 13.5. The van der Waals surface area contributed by atoms with E-state index in [1.54, 1.807) is 43.3 Å². The first-order chi connectivity index (χ1) is 15.7. The second-order valence-corrected chi connectivity index (χ2v) is 12.1. The summed E-state index contributed by atoms with van der Waals surface area (Å²) in [5.41, 5.74) is 1.77. The molecule has 174 valence electrons. The number of ether oxygens (including phenoxy) is 1. The van der Waals surface area contributed by atoms with Gasteiger partial charge in [-0.25, -0.2) is 8.42 Å². The molecule has 0 aliphatic carbocycles. The molecule has 0 radical (unpaired) electrons. The largest absolute Gasteiger partial charge is 0.497 e. The molecule has 11 heteroatoms. The fourth-order valence-corrected chi connectivity index (χ4v) is 6.36. The van der Waals surface area contributed by atoms with Crippen LogP contribution in [0.2, 0.25) is 0 Å². The van der Waals surface area contributed by atoms with Gasteiger partial charge in [0.1, 0.15) is 11.8 Å². The summed E-state index contributed by atoms with van der Waals surface area (Å²) in [5.74, 6) is 0.537. The summed E-state index contributed by atoms with van der Waals surface area (Å²) in [5, 5.41) is 6.41. The minimum atomic E-state index is -3.91. The molecule has 1 atom stereocenters. The lowest BCUT2D eigenvalue weighted by Crippen LogP contribution is -2.26. The summed E-state index contributed by atoms with van der Waals surface area (Å²) in [6.45, 7) is 1.56. The third-order valence-electron chi connectivity index (χ3n) is 5.22. The zero-order chi connectivity index (χ0) is 23.6. The third-order valence-corrected chi connectivity index (χ3v) is 9.20. The van der Waals surface area contributed by atoms with Crippen LogP contribution in [-0.4, -0.2) is 39.8 Å². The average Bonchev–Trinajstić information content (AvgIpc) is 3.50. The molecule has 1 aliphatic rings. The van der Waals surface area contributed by atoms with Gasteiger partial charge in [0, 0.05) is 17.0 Å². The number of methoxy groups -OCH3 is 1. The topological polar surface area (TPSA) is 105 Å². The molecule has 2 aromatic carbocycles. The normalized spacial score (nSPS) is 16.5. The fourth-order valence-electron chi connectivity index (χ4n) is 3.42. The molecule has 0 bridgehead atoms. The second-order valence-electron chi connectivity index (χ2n) is 7.32. The van der Waals surface area contributed by atoms with Crippen LogP contribution < -0.4 is 9.46 Å². The van der Waals surface area contributed by atoms with Crippen LogP contribution in [0.25, 0.3) is 0 Å². The Hall–Kier alpha value is -2.89. The first-order valence-corrected chi connectivity index (χ1v) is 14.1. The van der Waals surface area contributed by atoms with Crippen molar-refractivity contribution in [1.82, 2.24) is 4.41 Å². The van der Waals surface area contributed by atoms with Gasteiger partial charge in [-0.3, -0.25) is 4.72 Å². The zero-order valence-corrected chi connectivity index (χ0v) is 20.5. The maximum Gasteiger partial charge on any atom is 0.279 e. The molecule has 0 unspecified atom stereocenters. The van der Waals surface area contributed by atoms with Gasteiger partial charge in [0.15, 0.2) is 0 Å². The van der Waals surface area contributed by atoms with Crippen LogP contribution in [-0.2, 0) is 20.0 Å². The molecule has 0 spiro atoms. The SMILES string of the molecule is CCS(=O)(=O)Nc1ccc(C2=NN(S(=O)(=O)c3ccc(OC)cc3)[C@@H](c3cccs3)C2)cc1. The number of sulfonamides is 2. The highest BCUT2D eigenvalue weighted by Crippen LogP contribution is 2.39. The smallest absolute Gasteiger partial charge is 0.279 e. The summed E-state index contributed by atoms with van der Waals surface area (Å²) in [6.07, 6.45) is 0.399. The number of hydrazone groups is 1. The highest BCUT2D eigenvalue weighted by atomic mass is 32.2. The number of rotatable bonds is 8. The lowest BCUT2D eigenvalue weighted by Gasteiger charge is -2.22. The van der Waals surface area contributed by atoms with Gasteiger partial charge in [-0.2, -0.15) is 17.9 Å². The van der Waals surface area contributed by atoms with Crippen molar-refractivity contribution in [2.75, 3.05) is 17.6 Å². The molecular formula is C22H23N3O5S3. The number of hydrogen-bond donors (Lipinski definition) is 1. The summed E-state index contributed by atoms with van der Waals surface area (Å²) >= 11 is 1.47. The van der Waals surface area contributed by atoms with Gasteiger partial charge in [0.05, 0.1) is 23.5 Å². The molecule has 1 aromatic heterocycles. The molecule has 3 aromatic rings. The number of thiophene rings is 1. The number of anilines is 1. The van der Waals surface area contributed by atoms with Gasteiger partial charge >= 0.3 is 0 Å². The lowest BCUT2D eigenvalue weighted by molar-refractivity contribution is 0.375. The van der Waals surface area contributed by atoms with Gasteiger partial charge in [0.2, 0.25) is 10.0 Å². The van der Waals surface area contributed by atoms with Crippen molar-refractivity contribution in [3.8, 4) is 5.75 Å². The highest BCUT2D eigenvalue weighted by molar-refractivity contribution is 7.92. The Morgan fingerprint density at radius 3 is 2.33 bits per heavy atom. The van der Waals surface area contributed by atoms with E-state index in [9.17, 15) is 16.8 Å². The van der Waals surface area contributed by atoms with Crippen LogP contribution in [0.5, 0.6) is 5.75 Å². The van der Waals surface area contributed by atoms with Crippen molar-refractivity contribution in [1.29, 1.82) is 0 Å². The minimum Gasteiger partial charge on any atom is -0.497 e. The summed E-state index contributed by atoms with van der Waals surface area (Å²) in [7, 11) is -5.77. The Morgan fingerprint density at radius 2 is 1.76 bits per heavy atom. The van der Waals surface area contributed by atoms with Crippen LogP contribution in [0, 0.1) is 0 Å². The molecule has 1 aliphatic heterocycles. The van der Waals surface area contributed by atoms with Gasteiger partial charge in [-0.1, -0.05) is 18.2 Å². The van der Waals surface area contributed by atoms with Crippen LogP contribution in [0.4, 0.5) is 5.69 Å². The third kappa shape index (κ3) is 4.90. The van der Waals surface area contributed by atoms with Crippen molar-refractivity contribution in [2.45, 2.75) is 24.3 Å². The van der Waals surface area contributed by atoms with Gasteiger partial charge < -0.3 is 4.74 Å². The maximum atomic E-state index is 13.5. The second kappa shape index (κ2) is 9.16. The Bertz CT molecular complexity index is 1350. The fraction of sp³-hybridized carbons (Fsp3) is 0.227. The minimum absolute atomic E-state index is 0.0257. The first kappa shape index (κ1) is 23.3. The molecule has 0 saturated carbocycles. The number of benzene rings is 2. The Labute approximate surface area is 197 Å². The van der Waals surface area contributed by atoms with E-state index >= 15 is 0 Å². The first-order valence-electron chi connectivity index (χ1n) is 10.1. The van der Waals surface area contributed by atoms with E-state index in [1.807, 2.05) is 17.5 Å². The standard InChI is InChI=1S/C22H23N3O5S3/c1-3-32(26,27)24-17-8-6-16(7-9-17)20-15-21(22-5-4-14-31-22)25(23-20)33(28,29)19-12-10-18(30-2)11-13-19/h4-14,21,24H,3,15H2,1-2H3/t21-/m1/s1. The summed E-state index contributed by atoms with van der Waals surface area (Å²) in [6, 6.07) is 16.3. The van der Waals surface area contributed by atoms with Crippen molar-refractivity contribution in [3.05, 3.63) is 76.5 Å². The van der Waals surface area contributed by atoms with Crippen LogP contribution in [0.1, 0.15) is 29.8 Å². The number of hydrogen-bond acceptors (Lipinski definition) is 7. The van der Waals surface area contributed by atoms with E-state index in [-0.39, 0.29) is 10.6 Å². The van der Waals surface area contributed by atoms with Crippen molar-refractivity contribution in [3.63, 3.8) is 0 Å². The quantitative estimate of drug-likeness (QED) is 0.497.